The van der Waals surface area contributed by atoms with Gasteiger partial charge in [0.15, 0.2) is 0 Å². The first kappa shape index (κ1) is 17.2. The molecule has 1 amide bonds. The van der Waals surface area contributed by atoms with E-state index in [1.54, 1.807) is 13.3 Å². The van der Waals surface area contributed by atoms with Gasteiger partial charge in [0.25, 0.3) is 5.91 Å². The Morgan fingerprint density at radius 2 is 2.15 bits per heavy atom. The van der Waals surface area contributed by atoms with Crippen LogP contribution in [0.15, 0.2) is 30.5 Å². The summed E-state index contributed by atoms with van der Waals surface area (Å²) in [5.41, 5.74) is 3.29. The Labute approximate surface area is 153 Å². The fourth-order valence-corrected chi connectivity index (χ4v) is 4.48. The molecule has 1 spiro atoms. The van der Waals surface area contributed by atoms with Gasteiger partial charge in [-0.25, -0.2) is 0 Å². The number of H-pyrrole nitrogens is 1. The summed E-state index contributed by atoms with van der Waals surface area (Å²) < 4.78 is 5.53. The van der Waals surface area contributed by atoms with Crippen LogP contribution in [0.3, 0.4) is 0 Å². The molecule has 1 saturated carbocycles. The third kappa shape index (κ3) is 2.64. The lowest BCUT2D eigenvalue weighted by Gasteiger charge is -2.56. The number of rotatable bonds is 3. The van der Waals surface area contributed by atoms with Crippen LogP contribution in [-0.2, 0) is 4.74 Å². The van der Waals surface area contributed by atoms with Gasteiger partial charge in [-0.2, -0.15) is 5.10 Å². The second-order valence-corrected chi connectivity index (χ2v) is 7.53. The van der Waals surface area contributed by atoms with Crippen molar-refractivity contribution >= 4 is 5.91 Å². The third-order valence-corrected chi connectivity index (χ3v) is 6.18. The summed E-state index contributed by atoms with van der Waals surface area (Å²) in [6, 6.07) is 8.04. The quantitative estimate of drug-likeness (QED) is 0.886. The maximum absolute atomic E-state index is 13.1. The largest absolute Gasteiger partial charge is 0.392 e. The Morgan fingerprint density at radius 1 is 1.38 bits per heavy atom. The molecule has 2 fully saturated rings. The topological polar surface area (TPSA) is 78.5 Å². The van der Waals surface area contributed by atoms with Crippen LogP contribution in [-0.4, -0.2) is 58.5 Å². The number of aliphatic hydroxyl groups is 1. The Hall–Kier alpha value is -2.18. The molecule has 6 nitrogen and oxygen atoms in total. The molecule has 0 radical (unpaired) electrons. The number of benzene rings is 1. The summed E-state index contributed by atoms with van der Waals surface area (Å²) in [6.07, 6.45) is 3.64. The van der Waals surface area contributed by atoms with Gasteiger partial charge < -0.3 is 14.7 Å². The van der Waals surface area contributed by atoms with E-state index in [0.29, 0.717) is 25.1 Å². The fourth-order valence-electron chi connectivity index (χ4n) is 4.48. The van der Waals surface area contributed by atoms with Gasteiger partial charge in [0.05, 0.1) is 29.7 Å². The molecule has 0 unspecified atom stereocenters. The SMILES string of the molecule is CO[C@@H]1C[C@H](O)C12CCN(C(=O)c1cn[nH]c1-c1cccc(C)c1)CC2. The van der Waals surface area contributed by atoms with E-state index in [0.717, 1.165) is 29.7 Å². The third-order valence-electron chi connectivity index (χ3n) is 6.18. The average molecular weight is 355 g/mol. The van der Waals surface area contributed by atoms with Crippen molar-refractivity contribution in [2.45, 2.75) is 38.4 Å². The minimum atomic E-state index is -0.318. The van der Waals surface area contributed by atoms with E-state index >= 15 is 0 Å². The number of likely N-dealkylation sites (tertiary alicyclic amines) is 1. The first-order chi connectivity index (χ1) is 12.5. The predicted molar refractivity (Wildman–Crippen MR) is 97.8 cm³/mol. The van der Waals surface area contributed by atoms with E-state index in [-0.39, 0.29) is 23.5 Å². The zero-order chi connectivity index (χ0) is 18.3. The Balaban J connectivity index is 1.51. The molecule has 2 heterocycles. The molecule has 138 valence electrons. The van der Waals surface area contributed by atoms with Crippen molar-refractivity contribution in [1.82, 2.24) is 15.1 Å². The van der Waals surface area contributed by atoms with E-state index in [1.807, 2.05) is 36.1 Å². The molecule has 1 aromatic carbocycles. The number of aromatic nitrogens is 2. The van der Waals surface area contributed by atoms with Gasteiger partial charge in [-0.3, -0.25) is 9.89 Å². The van der Waals surface area contributed by atoms with Crippen molar-refractivity contribution in [3.05, 3.63) is 41.6 Å². The number of aromatic amines is 1. The number of amides is 1. The summed E-state index contributed by atoms with van der Waals surface area (Å²) in [5, 5.41) is 17.3. The Bertz CT molecular complexity index is 808. The van der Waals surface area contributed by atoms with Gasteiger partial charge >= 0.3 is 0 Å². The summed E-state index contributed by atoms with van der Waals surface area (Å²) in [5.74, 6) is -0.00659. The van der Waals surface area contributed by atoms with E-state index < -0.39 is 0 Å². The summed E-state index contributed by atoms with van der Waals surface area (Å²) in [4.78, 5) is 14.9. The van der Waals surface area contributed by atoms with Crippen LogP contribution in [0.1, 0.15) is 35.2 Å². The summed E-state index contributed by atoms with van der Waals surface area (Å²) in [7, 11) is 1.70. The molecule has 2 N–H and O–H groups in total. The average Bonchev–Trinajstić information content (AvgIpc) is 3.15. The number of hydrogen-bond donors (Lipinski definition) is 2. The maximum Gasteiger partial charge on any atom is 0.257 e. The number of nitrogens with one attached hydrogen (secondary N) is 1. The van der Waals surface area contributed by atoms with E-state index in [4.69, 9.17) is 4.74 Å². The highest BCUT2D eigenvalue weighted by molar-refractivity contribution is 5.99. The molecule has 2 aliphatic rings. The lowest BCUT2D eigenvalue weighted by Crippen LogP contribution is -2.62. The molecule has 1 aliphatic heterocycles. The number of methoxy groups -OCH3 is 1. The van der Waals surface area contributed by atoms with Crippen LogP contribution in [0.25, 0.3) is 11.3 Å². The highest BCUT2D eigenvalue weighted by Gasteiger charge is 2.56. The van der Waals surface area contributed by atoms with Crippen molar-refractivity contribution in [2.75, 3.05) is 20.2 Å². The van der Waals surface area contributed by atoms with Crippen LogP contribution < -0.4 is 0 Å². The number of aliphatic hydroxyl groups excluding tert-OH is 1. The zero-order valence-corrected chi connectivity index (χ0v) is 15.2. The monoisotopic (exact) mass is 355 g/mol. The first-order valence-corrected chi connectivity index (χ1v) is 9.16. The maximum atomic E-state index is 13.1. The van der Waals surface area contributed by atoms with Crippen molar-refractivity contribution in [2.24, 2.45) is 5.41 Å². The zero-order valence-electron chi connectivity index (χ0n) is 15.2. The molecule has 0 bridgehead atoms. The number of aryl methyl sites for hydroxylation is 1. The summed E-state index contributed by atoms with van der Waals surface area (Å²) in [6.45, 7) is 3.30. The van der Waals surface area contributed by atoms with Gasteiger partial charge in [-0.1, -0.05) is 23.8 Å². The molecular weight excluding hydrogens is 330 g/mol. The van der Waals surface area contributed by atoms with Crippen molar-refractivity contribution in [3.8, 4) is 11.3 Å². The van der Waals surface area contributed by atoms with Crippen molar-refractivity contribution in [1.29, 1.82) is 0 Å². The highest BCUT2D eigenvalue weighted by Crippen LogP contribution is 2.50. The Kier molecular flexibility index (Phi) is 4.32. The molecule has 1 saturated heterocycles. The van der Waals surface area contributed by atoms with Gasteiger partial charge in [-0.15, -0.1) is 0 Å². The van der Waals surface area contributed by atoms with E-state index in [9.17, 15) is 9.90 Å². The van der Waals surface area contributed by atoms with Crippen LogP contribution in [0.2, 0.25) is 0 Å². The second kappa shape index (κ2) is 6.52. The number of carbonyl (C=O) groups excluding carboxylic acids is 1. The van der Waals surface area contributed by atoms with E-state index in [1.165, 1.54) is 0 Å². The molecule has 1 aromatic heterocycles. The van der Waals surface area contributed by atoms with Crippen molar-refractivity contribution < 1.29 is 14.6 Å². The smallest absolute Gasteiger partial charge is 0.257 e. The molecule has 6 heteroatoms. The van der Waals surface area contributed by atoms with Gasteiger partial charge in [0, 0.05) is 37.6 Å². The number of carbonyl (C=O) groups is 1. The van der Waals surface area contributed by atoms with Crippen molar-refractivity contribution in [3.63, 3.8) is 0 Å². The van der Waals surface area contributed by atoms with Crippen LogP contribution in [0, 0.1) is 12.3 Å². The first-order valence-electron chi connectivity index (χ1n) is 9.16. The van der Waals surface area contributed by atoms with Crippen LogP contribution >= 0.6 is 0 Å². The van der Waals surface area contributed by atoms with E-state index in [2.05, 4.69) is 10.2 Å². The lowest BCUT2D eigenvalue weighted by molar-refractivity contribution is -0.199. The highest BCUT2D eigenvalue weighted by atomic mass is 16.5. The normalized spacial score (nSPS) is 24.5. The van der Waals surface area contributed by atoms with Gasteiger partial charge in [0.2, 0.25) is 0 Å². The van der Waals surface area contributed by atoms with Gasteiger partial charge in [-0.05, 0) is 25.8 Å². The lowest BCUT2D eigenvalue weighted by atomic mass is 9.58. The number of piperidine rings is 1. The van der Waals surface area contributed by atoms with Gasteiger partial charge in [0.1, 0.15) is 0 Å². The molecule has 4 rings (SSSR count). The summed E-state index contributed by atoms with van der Waals surface area (Å²) >= 11 is 0. The molecule has 2 atom stereocenters. The van der Waals surface area contributed by atoms with Crippen LogP contribution in [0.5, 0.6) is 0 Å². The minimum Gasteiger partial charge on any atom is -0.392 e. The fraction of sp³-hybridized carbons (Fsp3) is 0.500. The predicted octanol–water partition coefficient (Wildman–Crippen LogP) is 2.39. The molecule has 26 heavy (non-hydrogen) atoms. The number of nitrogens with zero attached hydrogens (tertiary/aromatic N) is 2. The molecule has 1 aliphatic carbocycles. The molecular formula is C20H25N3O3. The number of hydrogen-bond acceptors (Lipinski definition) is 4. The minimum absolute atomic E-state index is 0.00659. The molecule has 2 aromatic rings. The van der Waals surface area contributed by atoms with Crippen LogP contribution in [0.4, 0.5) is 0 Å². The Morgan fingerprint density at radius 3 is 2.81 bits per heavy atom. The standard InChI is InChI=1S/C20H25N3O3/c1-13-4-3-5-14(10-13)18-15(12-21-22-18)19(25)23-8-6-20(7-9-23)16(24)11-17(20)26-2/h3-5,10,12,16-17,24H,6-9,11H2,1-2H3,(H,21,22)/t16-,17+/m0/s1. The number of ether oxygens (including phenoxy) is 1. The second-order valence-electron chi connectivity index (χ2n) is 7.53.